The third-order valence-corrected chi connectivity index (χ3v) is 4.29. The minimum absolute atomic E-state index is 0.245. The second-order valence-corrected chi connectivity index (χ2v) is 6.22. The number of hydrogen-bond donors (Lipinski definition) is 2. The third kappa shape index (κ3) is 4.90. The number of nitrogens with one attached hydrogen (secondary N) is 2. The highest BCUT2D eigenvalue weighted by molar-refractivity contribution is 6.02. The lowest BCUT2D eigenvalue weighted by atomic mass is 9.97. The molecule has 26 heavy (non-hydrogen) atoms. The standard InChI is InChI=1S/C20H21N5O/c21-12-16-6-8-17(9-7-16)25-20(26)18-13-24-19(14-23-18)22-11-10-15-4-2-1-3-5-15/h4,6-9,13-14H,1-3,5,10-11H2,(H,22,24)(H,25,26). The highest BCUT2D eigenvalue weighted by atomic mass is 16.1. The highest BCUT2D eigenvalue weighted by Crippen LogP contribution is 2.19. The lowest BCUT2D eigenvalue weighted by molar-refractivity contribution is 0.102. The van der Waals surface area contributed by atoms with Crippen molar-refractivity contribution in [1.29, 1.82) is 5.26 Å². The third-order valence-electron chi connectivity index (χ3n) is 4.29. The van der Waals surface area contributed by atoms with E-state index in [0.717, 1.165) is 13.0 Å². The zero-order valence-electron chi connectivity index (χ0n) is 14.5. The number of allylic oxidation sites excluding steroid dienone is 1. The van der Waals surface area contributed by atoms with Gasteiger partial charge in [0.25, 0.3) is 5.91 Å². The smallest absolute Gasteiger partial charge is 0.275 e. The number of rotatable bonds is 6. The monoisotopic (exact) mass is 347 g/mol. The van der Waals surface area contributed by atoms with E-state index in [0.29, 0.717) is 17.1 Å². The predicted octanol–water partition coefficient (Wildman–Crippen LogP) is 3.90. The van der Waals surface area contributed by atoms with Crippen LogP contribution in [-0.4, -0.2) is 22.4 Å². The predicted molar refractivity (Wildman–Crippen MR) is 101 cm³/mol. The number of anilines is 2. The van der Waals surface area contributed by atoms with E-state index in [1.807, 2.05) is 6.07 Å². The first-order chi connectivity index (χ1) is 12.7. The second kappa shape index (κ2) is 8.77. The molecule has 0 atom stereocenters. The van der Waals surface area contributed by atoms with Gasteiger partial charge in [-0.05, 0) is 56.4 Å². The van der Waals surface area contributed by atoms with Gasteiger partial charge in [0.1, 0.15) is 11.5 Å². The van der Waals surface area contributed by atoms with Gasteiger partial charge in [-0.2, -0.15) is 5.26 Å². The molecule has 1 heterocycles. The molecule has 3 rings (SSSR count). The molecule has 1 aromatic heterocycles. The molecule has 0 unspecified atom stereocenters. The van der Waals surface area contributed by atoms with Crippen LogP contribution < -0.4 is 10.6 Å². The van der Waals surface area contributed by atoms with Crippen molar-refractivity contribution in [2.45, 2.75) is 32.1 Å². The lowest BCUT2D eigenvalue weighted by Gasteiger charge is -2.13. The number of nitriles is 1. The molecule has 1 aromatic carbocycles. The first-order valence-corrected chi connectivity index (χ1v) is 8.80. The van der Waals surface area contributed by atoms with Gasteiger partial charge < -0.3 is 10.6 Å². The van der Waals surface area contributed by atoms with E-state index in [-0.39, 0.29) is 11.6 Å². The van der Waals surface area contributed by atoms with Crippen molar-refractivity contribution in [3.05, 3.63) is 59.6 Å². The van der Waals surface area contributed by atoms with E-state index in [9.17, 15) is 4.79 Å². The summed E-state index contributed by atoms with van der Waals surface area (Å²) in [6, 6.07) is 8.70. The fourth-order valence-corrected chi connectivity index (χ4v) is 2.84. The Bertz CT molecular complexity index is 819. The Balaban J connectivity index is 1.50. The molecule has 0 saturated heterocycles. The topological polar surface area (TPSA) is 90.7 Å². The van der Waals surface area contributed by atoms with Crippen LogP contribution in [0.3, 0.4) is 0 Å². The molecule has 0 radical (unpaired) electrons. The van der Waals surface area contributed by atoms with E-state index < -0.39 is 0 Å². The largest absolute Gasteiger partial charge is 0.368 e. The summed E-state index contributed by atoms with van der Waals surface area (Å²) in [5, 5.41) is 14.8. The van der Waals surface area contributed by atoms with Crippen molar-refractivity contribution in [1.82, 2.24) is 9.97 Å². The summed E-state index contributed by atoms with van der Waals surface area (Å²) in [5.41, 5.74) is 2.91. The van der Waals surface area contributed by atoms with Crippen molar-refractivity contribution in [2.24, 2.45) is 0 Å². The van der Waals surface area contributed by atoms with E-state index >= 15 is 0 Å². The lowest BCUT2D eigenvalue weighted by Crippen LogP contribution is -2.14. The molecule has 0 saturated carbocycles. The molecule has 6 nitrogen and oxygen atoms in total. The Hall–Kier alpha value is -3.20. The average molecular weight is 347 g/mol. The van der Waals surface area contributed by atoms with E-state index in [4.69, 9.17) is 5.26 Å². The Morgan fingerprint density at radius 1 is 1.15 bits per heavy atom. The molecule has 1 amide bonds. The van der Waals surface area contributed by atoms with Crippen molar-refractivity contribution >= 4 is 17.4 Å². The SMILES string of the molecule is N#Cc1ccc(NC(=O)c2cnc(NCCC3=CCCCC3)cn2)cc1. The van der Waals surface area contributed by atoms with Gasteiger partial charge in [-0.3, -0.25) is 4.79 Å². The first kappa shape index (κ1) is 17.6. The van der Waals surface area contributed by atoms with Crippen LogP contribution >= 0.6 is 0 Å². The van der Waals surface area contributed by atoms with Crippen LogP contribution in [-0.2, 0) is 0 Å². The number of amides is 1. The molecular weight excluding hydrogens is 326 g/mol. The summed E-state index contributed by atoms with van der Waals surface area (Å²) in [6.45, 7) is 0.817. The second-order valence-electron chi connectivity index (χ2n) is 6.22. The molecule has 2 N–H and O–H groups in total. The molecule has 0 spiro atoms. The quantitative estimate of drug-likeness (QED) is 0.773. The van der Waals surface area contributed by atoms with Crippen molar-refractivity contribution < 1.29 is 4.79 Å². The van der Waals surface area contributed by atoms with Crippen LogP contribution in [0.5, 0.6) is 0 Å². The molecule has 0 bridgehead atoms. The first-order valence-electron chi connectivity index (χ1n) is 8.80. The van der Waals surface area contributed by atoms with Gasteiger partial charge in [-0.25, -0.2) is 9.97 Å². The van der Waals surface area contributed by atoms with Gasteiger partial charge in [0.2, 0.25) is 0 Å². The molecular formula is C20H21N5O. The van der Waals surface area contributed by atoms with E-state index in [1.54, 1.807) is 30.5 Å². The number of nitrogens with zero attached hydrogens (tertiary/aromatic N) is 3. The normalized spacial score (nSPS) is 13.4. The molecule has 6 heteroatoms. The van der Waals surface area contributed by atoms with Crippen LogP contribution in [0.25, 0.3) is 0 Å². The molecule has 1 aliphatic rings. The zero-order chi connectivity index (χ0) is 18.2. The maximum Gasteiger partial charge on any atom is 0.275 e. The zero-order valence-corrected chi connectivity index (χ0v) is 14.5. The van der Waals surface area contributed by atoms with Crippen LogP contribution in [0.1, 0.15) is 48.2 Å². The summed E-state index contributed by atoms with van der Waals surface area (Å²) >= 11 is 0. The number of aromatic nitrogens is 2. The van der Waals surface area contributed by atoms with Gasteiger partial charge in [-0.15, -0.1) is 0 Å². The Morgan fingerprint density at radius 2 is 2.00 bits per heavy atom. The summed E-state index contributed by atoms with van der Waals surface area (Å²) in [5.74, 6) is 0.331. The summed E-state index contributed by atoms with van der Waals surface area (Å²) in [6.07, 6.45) is 11.4. The van der Waals surface area contributed by atoms with Crippen LogP contribution in [0.15, 0.2) is 48.3 Å². The molecule has 2 aromatic rings. The fourth-order valence-electron chi connectivity index (χ4n) is 2.84. The maximum atomic E-state index is 12.2. The highest BCUT2D eigenvalue weighted by Gasteiger charge is 2.09. The molecule has 132 valence electrons. The summed E-state index contributed by atoms with van der Waals surface area (Å²) in [4.78, 5) is 20.6. The minimum Gasteiger partial charge on any atom is -0.368 e. The van der Waals surface area contributed by atoms with E-state index in [2.05, 4.69) is 26.7 Å². The number of carbonyl (C=O) groups excluding carboxylic acids is 1. The Kier molecular flexibility index (Phi) is 5.94. The summed E-state index contributed by atoms with van der Waals surface area (Å²) in [7, 11) is 0. The van der Waals surface area contributed by atoms with Gasteiger partial charge in [-0.1, -0.05) is 11.6 Å². The van der Waals surface area contributed by atoms with Gasteiger partial charge in [0, 0.05) is 12.2 Å². The fraction of sp³-hybridized carbons (Fsp3) is 0.300. The van der Waals surface area contributed by atoms with Crippen LogP contribution in [0.4, 0.5) is 11.5 Å². The van der Waals surface area contributed by atoms with Crippen LogP contribution in [0.2, 0.25) is 0 Å². The number of hydrogen-bond acceptors (Lipinski definition) is 5. The Morgan fingerprint density at radius 3 is 2.65 bits per heavy atom. The average Bonchev–Trinajstić information content (AvgIpc) is 2.70. The number of benzene rings is 1. The number of carbonyl (C=O) groups is 1. The van der Waals surface area contributed by atoms with Gasteiger partial charge >= 0.3 is 0 Å². The molecule has 0 aliphatic heterocycles. The molecule has 0 fully saturated rings. The van der Waals surface area contributed by atoms with Crippen molar-refractivity contribution in [2.75, 3.05) is 17.2 Å². The Labute approximate surface area is 153 Å². The maximum absolute atomic E-state index is 12.2. The van der Waals surface area contributed by atoms with Gasteiger partial charge in [0.15, 0.2) is 0 Å². The van der Waals surface area contributed by atoms with Crippen LogP contribution in [0, 0.1) is 11.3 Å². The van der Waals surface area contributed by atoms with E-state index in [1.165, 1.54) is 37.5 Å². The van der Waals surface area contributed by atoms with Crippen molar-refractivity contribution in [3.8, 4) is 6.07 Å². The van der Waals surface area contributed by atoms with Crippen molar-refractivity contribution in [3.63, 3.8) is 0 Å². The minimum atomic E-state index is -0.332. The van der Waals surface area contributed by atoms with Gasteiger partial charge in [0.05, 0.1) is 24.0 Å². The summed E-state index contributed by atoms with van der Waals surface area (Å²) < 4.78 is 0. The molecule has 1 aliphatic carbocycles.